The molecule has 1 heterocycles. The highest BCUT2D eigenvalue weighted by Gasteiger charge is 2.09. The molecule has 0 atom stereocenters. The van der Waals surface area contributed by atoms with Crippen LogP contribution in [0.3, 0.4) is 0 Å². The number of methoxy groups -OCH3 is 1. The van der Waals surface area contributed by atoms with Crippen molar-refractivity contribution in [1.82, 2.24) is 15.5 Å². The van der Waals surface area contributed by atoms with Gasteiger partial charge in [-0.2, -0.15) is 0 Å². The molecule has 0 radical (unpaired) electrons. The van der Waals surface area contributed by atoms with Gasteiger partial charge in [0.05, 0.1) is 26.4 Å². The molecule has 0 aliphatic carbocycles. The smallest absolute Gasteiger partial charge is 0.191 e. The highest BCUT2D eigenvalue weighted by molar-refractivity contribution is 5.79. The Hall–Kier alpha value is -1.83. The Labute approximate surface area is 156 Å². The number of morpholine rings is 1. The summed E-state index contributed by atoms with van der Waals surface area (Å²) in [5.41, 5.74) is 1.12. The van der Waals surface area contributed by atoms with Crippen molar-refractivity contribution in [2.24, 2.45) is 4.99 Å². The molecular formula is C19H32N4O3. The van der Waals surface area contributed by atoms with Crippen molar-refractivity contribution >= 4 is 5.96 Å². The fraction of sp³-hybridized carbons (Fsp3) is 0.632. The van der Waals surface area contributed by atoms with Crippen LogP contribution in [0.5, 0.6) is 5.75 Å². The first-order valence-corrected chi connectivity index (χ1v) is 9.34. The number of ether oxygens (including phenoxy) is 3. The largest absolute Gasteiger partial charge is 0.492 e. The Morgan fingerprint density at radius 3 is 2.85 bits per heavy atom. The monoisotopic (exact) mass is 364 g/mol. The zero-order chi connectivity index (χ0) is 18.5. The van der Waals surface area contributed by atoms with Crippen LogP contribution >= 0.6 is 0 Å². The van der Waals surface area contributed by atoms with Gasteiger partial charge in [-0.05, 0) is 24.6 Å². The number of benzene rings is 1. The summed E-state index contributed by atoms with van der Waals surface area (Å²) in [5.74, 6) is 1.69. The molecule has 2 N–H and O–H groups in total. The molecule has 0 bridgehead atoms. The quantitative estimate of drug-likeness (QED) is 0.368. The predicted octanol–water partition coefficient (Wildman–Crippen LogP) is 1.10. The lowest BCUT2D eigenvalue weighted by Gasteiger charge is -2.26. The van der Waals surface area contributed by atoms with Gasteiger partial charge in [-0.1, -0.05) is 12.1 Å². The maximum Gasteiger partial charge on any atom is 0.191 e. The number of hydrogen-bond donors (Lipinski definition) is 2. The first-order chi connectivity index (χ1) is 12.8. The molecule has 0 spiro atoms. The van der Waals surface area contributed by atoms with Crippen LogP contribution < -0.4 is 15.4 Å². The van der Waals surface area contributed by atoms with Gasteiger partial charge in [0.15, 0.2) is 5.96 Å². The number of guanidine groups is 1. The van der Waals surface area contributed by atoms with Crippen LogP contribution in [-0.2, 0) is 16.0 Å². The third kappa shape index (κ3) is 8.03. The average Bonchev–Trinajstić information content (AvgIpc) is 2.67. The van der Waals surface area contributed by atoms with Crippen LogP contribution in [0.25, 0.3) is 0 Å². The molecule has 146 valence electrons. The van der Waals surface area contributed by atoms with Gasteiger partial charge in [-0.3, -0.25) is 4.90 Å². The molecule has 1 aromatic carbocycles. The molecule has 26 heavy (non-hydrogen) atoms. The van der Waals surface area contributed by atoms with Crippen molar-refractivity contribution in [1.29, 1.82) is 0 Å². The zero-order valence-electron chi connectivity index (χ0n) is 16.0. The second-order valence-corrected chi connectivity index (χ2v) is 6.06. The Kier molecular flexibility index (Phi) is 9.86. The van der Waals surface area contributed by atoms with E-state index in [1.807, 2.05) is 12.1 Å². The molecule has 7 nitrogen and oxygen atoms in total. The van der Waals surface area contributed by atoms with E-state index in [0.717, 1.165) is 63.2 Å². The maximum atomic E-state index is 5.90. The van der Waals surface area contributed by atoms with Gasteiger partial charge in [0.2, 0.25) is 0 Å². The van der Waals surface area contributed by atoms with Crippen molar-refractivity contribution in [3.05, 3.63) is 29.8 Å². The van der Waals surface area contributed by atoms with Crippen LogP contribution in [0.4, 0.5) is 0 Å². The van der Waals surface area contributed by atoms with Crippen LogP contribution in [0, 0.1) is 0 Å². The lowest BCUT2D eigenvalue weighted by molar-refractivity contribution is 0.0322. The van der Waals surface area contributed by atoms with E-state index in [2.05, 4.69) is 39.6 Å². The summed E-state index contributed by atoms with van der Waals surface area (Å²) < 4.78 is 16.3. The summed E-state index contributed by atoms with van der Waals surface area (Å²) in [5, 5.41) is 6.48. The van der Waals surface area contributed by atoms with E-state index in [4.69, 9.17) is 14.2 Å². The van der Waals surface area contributed by atoms with Gasteiger partial charge in [0.25, 0.3) is 0 Å². The number of hydrogen-bond acceptors (Lipinski definition) is 5. The topological polar surface area (TPSA) is 67.4 Å². The Morgan fingerprint density at radius 2 is 2.08 bits per heavy atom. The molecule has 1 saturated heterocycles. The van der Waals surface area contributed by atoms with Crippen molar-refractivity contribution in [2.45, 2.75) is 13.5 Å². The van der Waals surface area contributed by atoms with Crippen LogP contribution in [0.15, 0.2) is 29.3 Å². The van der Waals surface area contributed by atoms with E-state index in [1.165, 1.54) is 0 Å². The van der Waals surface area contributed by atoms with Gasteiger partial charge < -0.3 is 24.8 Å². The van der Waals surface area contributed by atoms with Crippen molar-refractivity contribution in [3.8, 4) is 5.75 Å². The summed E-state index contributed by atoms with van der Waals surface area (Å²) in [6.07, 6.45) is 0. The molecule has 1 aliphatic heterocycles. The number of aliphatic imine (C=N–C) groups is 1. The summed E-state index contributed by atoms with van der Waals surface area (Å²) in [6, 6.07) is 8.13. The molecule has 7 heteroatoms. The number of nitrogens with one attached hydrogen (secondary N) is 2. The van der Waals surface area contributed by atoms with Crippen LogP contribution in [0.1, 0.15) is 12.5 Å². The highest BCUT2D eigenvalue weighted by atomic mass is 16.5. The maximum absolute atomic E-state index is 5.90. The minimum atomic E-state index is 0.600. The lowest BCUT2D eigenvalue weighted by atomic mass is 10.2. The first-order valence-electron chi connectivity index (χ1n) is 9.34. The van der Waals surface area contributed by atoms with Gasteiger partial charge in [0, 0.05) is 39.8 Å². The van der Waals surface area contributed by atoms with Crippen LogP contribution in [0.2, 0.25) is 0 Å². The first kappa shape index (κ1) is 20.5. The third-order valence-electron chi connectivity index (χ3n) is 4.04. The Bertz CT molecular complexity index is 533. The predicted molar refractivity (Wildman–Crippen MR) is 104 cm³/mol. The third-order valence-corrected chi connectivity index (χ3v) is 4.04. The van der Waals surface area contributed by atoms with E-state index in [9.17, 15) is 0 Å². The standard InChI is InChI=1S/C19H32N4O3/c1-3-20-19(21-7-11-24-2)22-16-17-5-4-6-18(15-17)26-14-10-23-8-12-25-13-9-23/h4-6,15H,3,7-14,16H2,1-2H3,(H2,20,21,22). The van der Waals surface area contributed by atoms with Gasteiger partial charge in [0.1, 0.15) is 12.4 Å². The number of nitrogens with zero attached hydrogens (tertiary/aromatic N) is 2. The Balaban J connectivity index is 1.79. The lowest BCUT2D eigenvalue weighted by Crippen LogP contribution is -2.38. The second kappa shape index (κ2) is 12.5. The van der Waals surface area contributed by atoms with E-state index in [-0.39, 0.29) is 0 Å². The Morgan fingerprint density at radius 1 is 1.23 bits per heavy atom. The normalized spacial score (nSPS) is 15.7. The average molecular weight is 364 g/mol. The highest BCUT2D eigenvalue weighted by Crippen LogP contribution is 2.14. The fourth-order valence-corrected chi connectivity index (χ4v) is 2.63. The van der Waals surface area contributed by atoms with Crippen LogP contribution in [-0.4, -0.2) is 77.1 Å². The minimum Gasteiger partial charge on any atom is -0.492 e. The summed E-state index contributed by atoms with van der Waals surface area (Å²) >= 11 is 0. The summed E-state index contributed by atoms with van der Waals surface area (Å²) in [7, 11) is 1.69. The SMILES string of the molecule is CCNC(=NCc1cccc(OCCN2CCOCC2)c1)NCCOC. The molecule has 2 rings (SSSR count). The molecular weight excluding hydrogens is 332 g/mol. The van der Waals surface area contributed by atoms with Crippen molar-refractivity contribution in [3.63, 3.8) is 0 Å². The molecule has 0 aromatic heterocycles. The molecule has 0 unspecified atom stereocenters. The fourth-order valence-electron chi connectivity index (χ4n) is 2.63. The van der Waals surface area contributed by atoms with E-state index in [0.29, 0.717) is 19.8 Å². The van der Waals surface area contributed by atoms with E-state index >= 15 is 0 Å². The van der Waals surface area contributed by atoms with Gasteiger partial charge in [-0.25, -0.2) is 4.99 Å². The summed E-state index contributed by atoms with van der Waals surface area (Å²) in [4.78, 5) is 6.98. The molecule has 0 amide bonds. The molecule has 1 aromatic rings. The minimum absolute atomic E-state index is 0.600. The van der Waals surface area contributed by atoms with Crippen molar-refractivity contribution in [2.75, 3.05) is 66.3 Å². The van der Waals surface area contributed by atoms with Gasteiger partial charge >= 0.3 is 0 Å². The van der Waals surface area contributed by atoms with Gasteiger partial charge in [-0.15, -0.1) is 0 Å². The van der Waals surface area contributed by atoms with E-state index in [1.54, 1.807) is 7.11 Å². The molecule has 1 fully saturated rings. The van der Waals surface area contributed by atoms with E-state index < -0.39 is 0 Å². The number of rotatable bonds is 10. The second-order valence-electron chi connectivity index (χ2n) is 6.06. The zero-order valence-corrected chi connectivity index (χ0v) is 16.0. The van der Waals surface area contributed by atoms with Crippen molar-refractivity contribution < 1.29 is 14.2 Å². The molecule has 0 saturated carbocycles. The summed E-state index contributed by atoms with van der Waals surface area (Å²) in [6.45, 7) is 10.1. The molecule has 1 aliphatic rings.